The highest BCUT2D eigenvalue weighted by atomic mass is 35.5. The van der Waals surface area contributed by atoms with E-state index in [0.717, 1.165) is 33.5 Å². The van der Waals surface area contributed by atoms with E-state index in [9.17, 15) is 9.59 Å². The maximum Gasteiger partial charge on any atom is 0.297 e. The first kappa shape index (κ1) is 20.4. The van der Waals surface area contributed by atoms with Crippen molar-refractivity contribution in [2.75, 3.05) is 13.1 Å². The molecule has 1 amide bonds. The molecule has 1 fully saturated rings. The minimum atomic E-state index is -0.340. The first-order chi connectivity index (χ1) is 16.1. The summed E-state index contributed by atoms with van der Waals surface area (Å²) in [5.74, 6) is 0.227. The van der Waals surface area contributed by atoms with E-state index < -0.39 is 0 Å². The predicted octanol–water partition coefficient (Wildman–Crippen LogP) is 4.81. The number of hydrogen-bond acceptors (Lipinski definition) is 6. The summed E-state index contributed by atoms with van der Waals surface area (Å²) in [6, 6.07) is 13.2. The molecule has 166 valence electrons. The number of nitrogens with zero attached hydrogens (tertiary/aromatic N) is 4. The highest BCUT2D eigenvalue weighted by molar-refractivity contribution is 7.18. The molecular weight excluding hydrogens is 460 g/mol. The molecule has 33 heavy (non-hydrogen) atoms. The van der Waals surface area contributed by atoms with Crippen molar-refractivity contribution in [1.82, 2.24) is 19.4 Å². The molecule has 0 N–H and O–H groups in total. The Morgan fingerprint density at radius 1 is 1.18 bits per heavy atom. The van der Waals surface area contributed by atoms with Crippen LogP contribution in [-0.4, -0.2) is 38.4 Å². The fourth-order valence-corrected chi connectivity index (χ4v) is 5.73. The lowest BCUT2D eigenvalue weighted by molar-refractivity contribution is -0.132. The van der Waals surface area contributed by atoms with E-state index in [1.54, 1.807) is 17.4 Å². The number of para-hydroxylation sites is 1. The average Bonchev–Trinajstić information content (AvgIpc) is 3.42. The van der Waals surface area contributed by atoms with E-state index in [2.05, 4.69) is 4.98 Å². The molecule has 0 unspecified atom stereocenters. The predicted molar refractivity (Wildman–Crippen MR) is 129 cm³/mol. The van der Waals surface area contributed by atoms with Gasteiger partial charge in [0, 0.05) is 29.4 Å². The van der Waals surface area contributed by atoms with E-state index >= 15 is 0 Å². The van der Waals surface area contributed by atoms with Crippen LogP contribution in [-0.2, 0) is 11.3 Å². The number of aromatic nitrogens is 3. The molecule has 0 spiro atoms. The van der Waals surface area contributed by atoms with Crippen LogP contribution in [0.5, 0.6) is 0 Å². The Balaban J connectivity index is 1.17. The number of piperidine rings is 1. The third-order valence-corrected chi connectivity index (χ3v) is 7.65. The van der Waals surface area contributed by atoms with Crippen LogP contribution in [0.1, 0.15) is 23.8 Å². The lowest BCUT2D eigenvalue weighted by atomic mass is 9.97. The summed E-state index contributed by atoms with van der Waals surface area (Å²) in [7, 11) is 0. The number of carbonyl (C=O) groups excluding carboxylic acids is 1. The smallest absolute Gasteiger partial charge is 0.297 e. The Morgan fingerprint density at radius 3 is 2.85 bits per heavy atom. The van der Waals surface area contributed by atoms with Crippen molar-refractivity contribution in [3.8, 4) is 0 Å². The Hall–Kier alpha value is -3.23. The van der Waals surface area contributed by atoms with Gasteiger partial charge in [-0.15, -0.1) is 11.3 Å². The van der Waals surface area contributed by atoms with Gasteiger partial charge < -0.3 is 9.32 Å². The minimum absolute atomic E-state index is 0.0525. The molecule has 2 aromatic carbocycles. The Labute approximate surface area is 197 Å². The van der Waals surface area contributed by atoms with Gasteiger partial charge in [0.25, 0.3) is 5.56 Å². The number of amides is 1. The van der Waals surface area contributed by atoms with Crippen LogP contribution >= 0.6 is 22.9 Å². The molecule has 1 aliphatic heterocycles. The Kier molecular flexibility index (Phi) is 4.92. The molecule has 4 heterocycles. The van der Waals surface area contributed by atoms with Gasteiger partial charge in [-0.05, 0) is 43.2 Å². The van der Waals surface area contributed by atoms with E-state index in [4.69, 9.17) is 21.0 Å². The first-order valence-electron chi connectivity index (χ1n) is 10.8. The van der Waals surface area contributed by atoms with E-state index in [-0.39, 0.29) is 23.6 Å². The molecule has 9 heteroatoms. The quantitative estimate of drug-likeness (QED) is 0.371. The first-order valence-corrected chi connectivity index (χ1v) is 12.0. The van der Waals surface area contributed by atoms with Crippen LogP contribution in [0.2, 0.25) is 5.02 Å². The zero-order valence-corrected chi connectivity index (χ0v) is 19.1. The van der Waals surface area contributed by atoms with Gasteiger partial charge >= 0.3 is 0 Å². The number of rotatable bonds is 3. The summed E-state index contributed by atoms with van der Waals surface area (Å²) >= 11 is 7.78. The van der Waals surface area contributed by atoms with Crippen molar-refractivity contribution < 1.29 is 9.21 Å². The third kappa shape index (κ3) is 3.59. The molecular formula is C24H19ClN4O3S. The molecule has 5 aromatic rings. The SMILES string of the molecule is O=C(Cn1cnc2c(oc3ccccc32)c1=O)N1CCC(c2nc3cc(Cl)ccc3s2)CC1. The maximum atomic E-state index is 12.9. The van der Waals surface area contributed by atoms with Gasteiger partial charge in [0.05, 0.1) is 21.6 Å². The number of fused-ring (bicyclic) bond motifs is 4. The lowest BCUT2D eigenvalue weighted by Crippen LogP contribution is -2.41. The minimum Gasteiger partial charge on any atom is -0.448 e. The molecule has 0 bridgehead atoms. The molecule has 0 atom stereocenters. The lowest BCUT2D eigenvalue weighted by Gasteiger charge is -2.31. The van der Waals surface area contributed by atoms with Gasteiger partial charge in [-0.3, -0.25) is 14.2 Å². The summed E-state index contributed by atoms with van der Waals surface area (Å²) in [5, 5.41) is 2.57. The van der Waals surface area contributed by atoms with Gasteiger partial charge in [-0.25, -0.2) is 9.97 Å². The number of likely N-dealkylation sites (tertiary alicyclic amines) is 1. The van der Waals surface area contributed by atoms with Crippen molar-refractivity contribution in [3.63, 3.8) is 0 Å². The second kappa shape index (κ2) is 7.97. The van der Waals surface area contributed by atoms with E-state index in [1.807, 2.05) is 41.3 Å². The summed E-state index contributed by atoms with van der Waals surface area (Å²) < 4.78 is 8.17. The van der Waals surface area contributed by atoms with Crippen LogP contribution in [0.4, 0.5) is 0 Å². The fraction of sp³-hybridized carbons (Fsp3) is 0.250. The monoisotopic (exact) mass is 478 g/mol. The molecule has 1 aliphatic rings. The van der Waals surface area contributed by atoms with Crippen LogP contribution in [0.15, 0.2) is 58.0 Å². The standard InChI is InChI=1S/C24H19ClN4O3S/c25-15-5-6-19-17(11-15)27-23(33-19)14-7-9-28(10-8-14)20(30)12-29-13-26-21-16-3-1-2-4-18(16)32-22(21)24(29)31/h1-6,11,13-14H,7-10,12H2. The molecule has 0 aliphatic carbocycles. The Bertz CT molecular complexity index is 1580. The summed E-state index contributed by atoms with van der Waals surface area (Å²) in [5.41, 5.74) is 1.90. The van der Waals surface area contributed by atoms with Gasteiger partial charge in [-0.2, -0.15) is 0 Å². The van der Waals surface area contributed by atoms with Gasteiger partial charge in [-0.1, -0.05) is 23.7 Å². The number of hydrogen-bond donors (Lipinski definition) is 0. The van der Waals surface area contributed by atoms with E-state index in [0.29, 0.717) is 35.1 Å². The number of carbonyl (C=O) groups is 1. The molecule has 1 saturated heterocycles. The molecule has 0 saturated carbocycles. The third-order valence-electron chi connectivity index (χ3n) is 6.22. The summed E-state index contributed by atoms with van der Waals surface area (Å²) in [6.07, 6.45) is 3.12. The van der Waals surface area contributed by atoms with Crippen molar-refractivity contribution in [2.24, 2.45) is 0 Å². The van der Waals surface area contributed by atoms with Gasteiger partial charge in [0.2, 0.25) is 11.5 Å². The number of halogens is 1. The highest BCUT2D eigenvalue weighted by Crippen LogP contribution is 2.34. The molecule has 7 nitrogen and oxygen atoms in total. The molecule has 6 rings (SSSR count). The van der Waals surface area contributed by atoms with Crippen molar-refractivity contribution >= 4 is 61.1 Å². The fourth-order valence-electron chi connectivity index (χ4n) is 4.44. The van der Waals surface area contributed by atoms with Gasteiger partial charge in [0.1, 0.15) is 17.6 Å². The van der Waals surface area contributed by atoms with Crippen LogP contribution in [0.3, 0.4) is 0 Å². The largest absolute Gasteiger partial charge is 0.448 e. The Morgan fingerprint density at radius 2 is 2.00 bits per heavy atom. The maximum absolute atomic E-state index is 12.9. The van der Waals surface area contributed by atoms with Crippen LogP contribution < -0.4 is 5.56 Å². The van der Waals surface area contributed by atoms with Crippen molar-refractivity contribution in [3.05, 3.63) is 69.2 Å². The number of thiazole rings is 1. The van der Waals surface area contributed by atoms with Crippen molar-refractivity contribution in [2.45, 2.75) is 25.3 Å². The zero-order valence-electron chi connectivity index (χ0n) is 17.5. The summed E-state index contributed by atoms with van der Waals surface area (Å²) in [6.45, 7) is 1.22. The summed E-state index contributed by atoms with van der Waals surface area (Å²) in [4.78, 5) is 36.8. The normalized spacial score (nSPS) is 15.1. The van der Waals surface area contributed by atoms with E-state index in [1.165, 1.54) is 10.9 Å². The second-order valence-corrected chi connectivity index (χ2v) is 9.77. The van der Waals surface area contributed by atoms with Crippen molar-refractivity contribution in [1.29, 1.82) is 0 Å². The molecule has 0 radical (unpaired) electrons. The highest BCUT2D eigenvalue weighted by Gasteiger charge is 2.26. The van der Waals surface area contributed by atoms with Crippen LogP contribution in [0.25, 0.3) is 32.3 Å². The number of furan rings is 1. The molecule has 3 aromatic heterocycles. The topological polar surface area (TPSA) is 81.2 Å². The van der Waals surface area contributed by atoms with Crippen LogP contribution in [0, 0.1) is 0 Å². The average molecular weight is 479 g/mol. The number of benzene rings is 2. The van der Waals surface area contributed by atoms with Gasteiger partial charge in [0.15, 0.2) is 0 Å². The second-order valence-electron chi connectivity index (χ2n) is 8.27. The zero-order chi connectivity index (χ0) is 22.5.